The second kappa shape index (κ2) is 12.5. The number of nitro benzene ring substituents is 1. The van der Waals surface area contributed by atoms with Crippen molar-refractivity contribution < 1.29 is 19.2 Å². The van der Waals surface area contributed by atoms with Crippen LogP contribution in [0.4, 0.5) is 5.69 Å². The number of benzene rings is 3. The van der Waals surface area contributed by atoms with E-state index in [-0.39, 0.29) is 17.6 Å². The first-order chi connectivity index (χ1) is 17.5. The van der Waals surface area contributed by atoms with Gasteiger partial charge in [0.1, 0.15) is 5.60 Å². The van der Waals surface area contributed by atoms with Gasteiger partial charge in [-0.05, 0) is 74.9 Å². The molecule has 8 heteroatoms. The van der Waals surface area contributed by atoms with Crippen LogP contribution in [0.25, 0.3) is 11.1 Å². The molecule has 3 aromatic rings. The summed E-state index contributed by atoms with van der Waals surface area (Å²) in [5.41, 5.74) is 3.14. The number of ether oxygens (including phenoxy) is 1. The van der Waals surface area contributed by atoms with E-state index in [0.29, 0.717) is 48.4 Å². The SMILES string of the molecule is CC(C)(C)OC(=O)c1ccccc1-c1ccc(CNC(=O)CCCCc2cc(Cl)ccc2[N+](=O)[O-])cc1. The predicted octanol–water partition coefficient (Wildman–Crippen LogP) is 6.90. The molecular weight excluding hydrogens is 492 g/mol. The Morgan fingerprint density at radius 2 is 1.70 bits per heavy atom. The van der Waals surface area contributed by atoms with Crippen LogP contribution < -0.4 is 5.32 Å². The number of carbonyl (C=O) groups excluding carboxylic acids is 2. The van der Waals surface area contributed by atoms with Crippen LogP contribution in [0, 0.1) is 10.1 Å². The molecule has 0 aliphatic carbocycles. The third kappa shape index (κ3) is 8.43. The number of nitrogens with one attached hydrogen (secondary N) is 1. The molecule has 0 saturated carbocycles. The summed E-state index contributed by atoms with van der Waals surface area (Å²) in [6.45, 7) is 5.89. The van der Waals surface area contributed by atoms with Gasteiger partial charge in [0.15, 0.2) is 0 Å². The summed E-state index contributed by atoms with van der Waals surface area (Å²) in [5.74, 6) is -0.454. The number of amides is 1. The summed E-state index contributed by atoms with van der Waals surface area (Å²) < 4.78 is 5.54. The zero-order chi connectivity index (χ0) is 27.0. The normalized spacial score (nSPS) is 11.1. The molecule has 0 atom stereocenters. The Morgan fingerprint density at radius 1 is 1.00 bits per heavy atom. The summed E-state index contributed by atoms with van der Waals surface area (Å²) >= 11 is 5.97. The number of nitro groups is 1. The summed E-state index contributed by atoms with van der Waals surface area (Å²) in [5, 5.41) is 14.5. The van der Waals surface area contributed by atoms with Crippen LogP contribution in [0.1, 0.15) is 61.5 Å². The van der Waals surface area contributed by atoms with Crippen molar-refractivity contribution in [3.05, 3.63) is 98.6 Å². The number of unbranched alkanes of at least 4 members (excludes halogenated alkanes) is 1. The molecule has 0 aliphatic heterocycles. The van der Waals surface area contributed by atoms with Crippen LogP contribution in [0.15, 0.2) is 66.7 Å². The largest absolute Gasteiger partial charge is 0.456 e. The maximum absolute atomic E-state index is 12.6. The lowest BCUT2D eigenvalue weighted by Crippen LogP contribution is -2.24. The van der Waals surface area contributed by atoms with Gasteiger partial charge in [-0.25, -0.2) is 4.79 Å². The Morgan fingerprint density at radius 3 is 2.38 bits per heavy atom. The molecule has 0 bridgehead atoms. The van der Waals surface area contributed by atoms with E-state index in [4.69, 9.17) is 16.3 Å². The quantitative estimate of drug-likeness (QED) is 0.135. The Kier molecular flexibility index (Phi) is 9.42. The van der Waals surface area contributed by atoms with Gasteiger partial charge in [-0.15, -0.1) is 0 Å². The van der Waals surface area contributed by atoms with Gasteiger partial charge in [-0.1, -0.05) is 54.1 Å². The van der Waals surface area contributed by atoms with Crippen LogP contribution in [0.3, 0.4) is 0 Å². The van der Waals surface area contributed by atoms with Crippen LogP contribution in [-0.2, 0) is 22.5 Å². The molecule has 0 radical (unpaired) electrons. The third-order valence-electron chi connectivity index (χ3n) is 5.64. The summed E-state index contributed by atoms with van der Waals surface area (Å²) in [6, 6.07) is 19.5. The zero-order valence-electron chi connectivity index (χ0n) is 21.3. The maximum atomic E-state index is 12.6. The lowest BCUT2D eigenvalue weighted by atomic mass is 9.98. The Bertz CT molecular complexity index is 1270. The number of hydrogen-bond acceptors (Lipinski definition) is 5. The first-order valence-corrected chi connectivity index (χ1v) is 12.5. The highest BCUT2D eigenvalue weighted by Gasteiger charge is 2.20. The van der Waals surface area contributed by atoms with E-state index >= 15 is 0 Å². The maximum Gasteiger partial charge on any atom is 0.339 e. The summed E-state index contributed by atoms with van der Waals surface area (Å²) in [7, 11) is 0. The molecule has 0 unspecified atom stereocenters. The molecule has 0 fully saturated rings. The number of hydrogen-bond donors (Lipinski definition) is 1. The van der Waals surface area contributed by atoms with Crippen molar-refractivity contribution in [3.8, 4) is 11.1 Å². The summed E-state index contributed by atoms with van der Waals surface area (Å²) in [6.07, 6.45) is 2.06. The van der Waals surface area contributed by atoms with Gasteiger partial charge in [0, 0.05) is 29.6 Å². The number of carbonyl (C=O) groups is 2. The Labute approximate surface area is 222 Å². The van der Waals surface area contributed by atoms with E-state index in [9.17, 15) is 19.7 Å². The molecule has 0 aliphatic rings. The van der Waals surface area contributed by atoms with Gasteiger partial charge >= 0.3 is 5.97 Å². The molecule has 0 aromatic heterocycles. The standard InChI is InChI=1S/C29H31ClN2O5/c1-29(2,3)37-28(34)25-10-6-5-9-24(25)21-14-12-20(13-15-21)19-31-27(33)11-7-4-8-22-18-23(30)16-17-26(22)32(35)36/h5-6,9-10,12-18H,4,7-8,11,19H2,1-3H3,(H,31,33). The number of halogens is 1. The molecule has 0 saturated heterocycles. The van der Waals surface area contributed by atoms with E-state index in [2.05, 4.69) is 5.32 Å². The van der Waals surface area contributed by atoms with Crippen molar-refractivity contribution >= 4 is 29.2 Å². The minimum Gasteiger partial charge on any atom is -0.456 e. The zero-order valence-corrected chi connectivity index (χ0v) is 22.0. The fourth-order valence-corrected chi connectivity index (χ4v) is 4.07. The second-order valence-electron chi connectivity index (χ2n) is 9.76. The second-order valence-corrected chi connectivity index (χ2v) is 10.2. The molecule has 0 heterocycles. The van der Waals surface area contributed by atoms with Gasteiger partial charge in [-0.3, -0.25) is 14.9 Å². The Hall–Kier alpha value is -3.71. The average molecular weight is 523 g/mol. The van der Waals surface area contributed by atoms with Crippen LogP contribution in [0.5, 0.6) is 0 Å². The van der Waals surface area contributed by atoms with E-state index in [1.807, 2.05) is 63.2 Å². The number of nitrogens with zero attached hydrogens (tertiary/aromatic N) is 1. The molecular formula is C29H31ClN2O5. The van der Waals surface area contributed by atoms with Crippen LogP contribution in [-0.4, -0.2) is 22.4 Å². The molecule has 194 valence electrons. The van der Waals surface area contributed by atoms with Crippen molar-refractivity contribution in [2.75, 3.05) is 0 Å². The monoisotopic (exact) mass is 522 g/mol. The number of esters is 1. The highest BCUT2D eigenvalue weighted by atomic mass is 35.5. The number of aryl methyl sites for hydroxylation is 1. The minimum atomic E-state index is -0.584. The van der Waals surface area contributed by atoms with Gasteiger partial charge in [0.05, 0.1) is 10.5 Å². The molecule has 1 N–H and O–H groups in total. The molecule has 37 heavy (non-hydrogen) atoms. The van der Waals surface area contributed by atoms with Gasteiger partial charge in [-0.2, -0.15) is 0 Å². The van der Waals surface area contributed by atoms with Crippen molar-refractivity contribution in [1.82, 2.24) is 5.32 Å². The van der Waals surface area contributed by atoms with Crippen molar-refractivity contribution in [1.29, 1.82) is 0 Å². The minimum absolute atomic E-state index is 0.0472. The van der Waals surface area contributed by atoms with E-state index in [1.54, 1.807) is 12.1 Å². The fraction of sp³-hybridized carbons (Fsp3) is 0.310. The van der Waals surface area contributed by atoms with E-state index < -0.39 is 10.5 Å². The molecule has 1 amide bonds. The molecule has 3 aromatic carbocycles. The highest BCUT2D eigenvalue weighted by molar-refractivity contribution is 6.30. The van der Waals surface area contributed by atoms with E-state index in [0.717, 1.165) is 16.7 Å². The van der Waals surface area contributed by atoms with E-state index in [1.165, 1.54) is 12.1 Å². The van der Waals surface area contributed by atoms with Crippen molar-refractivity contribution in [2.24, 2.45) is 0 Å². The molecule has 0 spiro atoms. The smallest absolute Gasteiger partial charge is 0.339 e. The first kappa shape index (κ1) is 27.9. The van der Waals surface area contributed by atoms with Gasteiger partial charge in [0.25, 0.3) is 5.69 Å². The molecule has 7 nitrogen and oxygen atoms in total. The van der Waals surface area contributed by atoms with Crippen LogP contribution >= 0.6 is 11.6 Å². The lowest BCUT2D eigenvalue weighted by Gasteiger charge is -2.20. The predicted molar refractivity (Wildman–Crippen MR) is 145 cm³/mol. The summed E-state index contributed by atoms with van der Waals surface area (Å²) in [4.78, 5) is 35.7. The lowest BCUT2D eigenvalue weighted by molar-refractivity contribution is -0.385. The topological polar surface area (TPSA) is 98.5 Å². The highest BCUT2D eigenvalue weighted by Crippen LogP contribution is 2.27. The average Bonchev–Trinajstić information content (AvgIpc) is 2.84. The fourth-order valence-electron chi connectivity index (χ4n) is 3.87. The molecule has 3 rings (SSSR count). The number of rotatable bonds is 10. The van der Waals surface area contributed by atoms with Crippen molar-refractivity contribution in [3.63, 3.8) is 0 Å². The third-order valence-corrected chi connectivity index (χ3v) is 5.87. The van der Waals surface area contributed by atoms with Crippen molar-refractivity contribution in [2.45, 2.75) is 58.6 Å². The van der Waals surface area contributed by atoms with Gasteiger partial charge in [0.2, 0.25) is 5.91 Å². The Balaban J connectivity index is 1.50. The first-order valence-electron chi connectivity index (χ1n) is 12.1. The van der Waals surface area contributed by atoms with Crippen LogP contribution in [0.2, 0.25) is 5.02 Å². The van der Waals surface area contributed by atoms with Gasteiger partial charge < -0.3 is 10.1 Å².